The number of aliphatic hydroxyl groups is 1. The molecule has 2 rings (SSSR count). The van der Waals surface area contributed by atoms with E-state index in [1.807, 2.05) is 18.2 Å². The van der Waals surface area contributed by atoms with Gasteiger partial charge in [0, 0.05) is 5.39 Å². The molecule has 0 radical (unpaired) electrons. The number of rotatable bonds is 4. The summed E-state index contributed by atoms with van der Waals surface area (Å²) in [5.74, 6) is 1.12. The molecule has 2 aromatic rings. The molecule has 0 bridgehead atoms. The van der Waals surface area contributed by atoms with Crippen molar-refractivity contribution in [3.05, 3.63) is 35.6 Å². The van der Waals surface area contributed by atoms with Crippen LogP contribution in [0.25, 0.3) is 11.0 Å². The summed E-state index contributed by atoms with van der Waals surface area (Å²) >= 11 is 0. The zero-order valence-electron chi connectivity index (χ0n) is 13.2. The SMILES string of the molecule is CCc1cccc2cc(C(O)CC(C)C(C)(C)C)oc12. The van der Waals surface area contributed by atoms with E-state index in [0.29, 0.717) is 11.7 Å². The number of fused-ring (bicyclic) bond motifs is 1. The second-order valence-electron chi connectivity index (χ2n) is 6.86. The molecule has 2 atom stereocenters. The topological polar surface area (TPSA) is 33.4 Å². The highest BCUT2D eigenvalue weighted by Crippen LogP contribution is 2.35. The Bertz CT molecular complexity index is 575. The third kappa shape index (κ3) is 3.06. The van der Waals surface area contributed by atoms with E-state index in [9.17, 15) is 5.11 Å². The Balaban J connectivity index is 2.25. The minimum Gasteiger partial charge on any atom is -0.458 e. The van der Waals surface area contributed by atoms with Gasteiger partial charge in [0.05, 0.1) is 0 Å². The van der Waals surface area contributed by atoms with E-state index in [-0.39, 0.29) is 5.41 Å². The molecule has 0 saturated carbocycles. The molecule has 1 heterocycles. The van der Waals surface area contributed by atoms with Crippen LogP contribution < -0.4 is 0 Å². The van der Waals surface area contributed by atoms with Crippen molar-refractivity contribution in [2.75, 3.05) is 0 Å². The third-order valence-corrected chi connectivity index (χ3v) is 4.41. The molecule has 2 unspecified atom stereocenters. The Kier molecular flexibility index (Phi) is 4.24. The number of aryl methyl sites for hydroxylation is 1. The standard InChI is InChI=1S/C18H26O2/c1-6-13-8-7-9-14-11-16(20-17(13)14)15(19)10-12(2)18(3,4)5/h7-9,11-12,15,19H,6,10H2,1-5H3. The van der Waals surface area contributed by atoms with E-state index in [0.717, 1.165) is 23.8 Å². The van der Waals surface area contributed by atoms with Crippen LogP contribution in [0, 0.1) is 11.3 Å². The van der Waals surface area contributed by atoms with Crippen molar-refractivity contribution >= 4 is 11.0 Å². The van der Waals surface area contributed by atoms with E-state index in [1.54, 1.807) is 0 Å². The zero-order valence-corrected chi connectivity index (χ0v) is 13.2. The fourth-order valence-electron chi connectivity index (χ4n) is 2.39. The maximum atomic E-state index is 10.4. The second kappa shape index (κ2) is 5.61. The van der Waals surface area contributed by atoms with E-state index in [2.05, 4.69) is 40.7 Å². The smallest absolute Gasteiger partial charge is 0.137 e. The Morgan fingerprint density at radius 2 is 1.95 bits per heavy atom. The lowest BCUT2D eigenvalue weighted by Gasteiger charge is -2.28. The van der Waals surface area contributed by atoms with Gasteiger partial charge in [0.1, 0.15) is 17.4 Å². The number of aliphatic hydroxyl groups excluding tert-OH is 1. The van der Waals surface area contributed by atoms with Crippen LogP contribution in [-0.4, -0.2) is 5.11 Å². The van der Waals surface area contributed by atoms with Gasteiger partial charge in [0.25, 0.3) is 0 Å². The largest absolute Gasteiger partial charge is 0.458 e. The Labute approximate surface area is 121 Å². The van der Waals surface area contributed by atoms with Gasteiger partial charge in [-0.15, -0.1) is 0 Å². The summed E-state index contributed by atoms with van der Waals surface area (Å²) in [6, 6.07) is 8.15. The molecular formula is C18H26O2. The van der Waals surface area contributed by atoms with E-state index >= 15 is 0 Å². The molecule has 2 heteroatoms. The minimum absolute atomic E-state index is 0.196. The fourth-order valence-corrected chi connectivity index (χ4v) is 2.39. The first-order chi connectivity index (χ1) is 9.32. The molecule has 2 nitrogen and oxygen atoms in total. The molecule has 110 valence electrons. The average molecular weight is 274 g/mol. The predicted molar refractivity (Wildman–Crippen MR) is 83.8 cm³/mol. The lowest BCUT2D eigenvalue weighted by Crippen LogP contribution is -2.19. The lowest BCUT2D eigenvalue weighted by molar-refractivity contribution is 0.0939. The van der Waals surface area contributed by atoms with Crippen LogP contribution in [0.4, 0.5) is 0 Å². The van der Waals surface area contributed by atoms with Gasteiger partial charge >= 0.3 is 0 Å². The summed E-state index contributed by atoms with van der Waals surface area (Å²) in [6.45, 7) is 10.9. The van der Waals surface area contributed by atoms with E-state index in [4.69, 9.17) is 4.42 Å². The van der Waals surface area contributed by atoms with Gasteiger partial charge in [-0.05, 0) is 35.8 Å². The molecule has 20 heavy (non-hydrogen) atoms. The van der Waals surface area contributed by atoms with Crippen LogP contribution in [0.5, 0.6) is 0 Å². The first kappa shape index (κ1) is 15.1. The highest BCUT2D eigenvalue weighted by atomic mass is 16.4. The Hall–Kier alpha value is -1.28. The first-order valence-corrected chi connectivity index (χ1v) is 7.52. The first-order valence-electron chi connectivity index (χ1n) is 7.52. The van der Waals surface area contributed by atoms with Gasteiger partial charge in [-0.1, -0.05) is 52.8 Å². The summed E-state index contributed by atoms with van der Waals surface area (Å²) in [6.07, 6.45) is 1.14. The Morgan fingerprint density at radius 1 is 1.25 bits per heavy atom. The highest BCUT2D eigenvalue weighted by Gasteiger charge is 2.25. The van der Waals surface area contributed by atoms with E-state index < -0.39 is 6.10 Å². The van der Waals surface area contributed by atoms with Crippen molar-refractivity contribution in [3.63, 3.8) is 0 Å². The number of para-hydroxylation sites is 1. The normalized spacial score (nSPS) is 15.5. The second-order valence-corrected chi connectivity index (χ2v) is 6.86. The molecule has 0 aliphatic rings. The van der Waals surface area contributed by atoms with Crippen molar-refractivity contribution in [2.24, 2.45) is 11.3 Å². The molecule has 0 saturated heterocycles. The molecule has 0 aliphatic heterocycles. The third-order valence-electron chi connectivity index (χ3n) is 4.41. The van der Waals surface area contributed by atoms with Crippen LogP contribution in [0.1, 0.15) is 58.5 Å². The number of benzene rings is 1. The van der Waals surface area contributed by atoms with Crippen molar-refractivity contribution in [1.29, 1.82) is 0 Å². The van der Waals surface area contributed by atoms with Gasteiger partial charge < -0.3 is 9.52 Å². The van der Waals surface area contributed by atoms with Gasteiger partial charge in [0.2, 0.25) is 0 Å². The van der Waals surface area contributed by atoms with Crippen molar-refractivity contribution in [2.45, 2.75) is 53.6 Å². The molecular weight excluding hydrogens is 248 g/mol. The maximum absolute atomic E-state index is 10.4. The van der Waals surface area contributed by atoms with Crippen LogP contribution >= 0.6 is 0 Å². The summed E-state index contributed by atoms with van der Waals surface area (Å²) in [7, 11) is 0. The molecule has 0 aliphatic carbocycles. The van der Waals surface area contributed by atoms with Crippen LogP contribution in [0.2, 0.25) is 0 Å². The molecule has 0 amide bonds. The quantitative estimate of drug-likeness (QED) is 0.841. The molecule has 0 spiro atoms. The van der Waals surface area contributed by atoms with Crippen LogP contribution in [0.3, 0.4) is 0 Å². The molecule has 0 fully saturated rings. The van der Waals surface area contributed by atoms with Crippen LogP contribution in [0.15, 0.2) is 28.7 Å². The van der Waals surface area contributed by atoms with Crippen molar-refractivity contribution in [1.82, 2.24) is 0 Å². The summed E-state index contributed by atoms with van der Waals surface area (Å²) < 4.78 is 5.92. The Morgan fingerprint density at radius 3 is 2.55 bits per heavy atom. The van der Waals surface area contributed by atoms with Gasteiger partial charge in [-0.25, -0.2) is 0 Å². The van der Waals surface area contributed by atoms with Crippen LogP contribution in [-0.2, 0) is 6.42 Å². The average Bonchev–Trinajstić information content (AvgIpc) is 2.81. The molecule has 1 aromatic heterocycles. The lowest BCUT2D eigenvalue weighted by atomic mass is 9.79. The molecule has 1 N–H and O–H groups in total. The van der Waals surface area contributed by atoms with Gasteiger partial charge in [-0.2, -0.15) is 0 Å². The monoisotopic (exact) mass is 274 g/mol. The molecule has 1 aromatic carbocycles. The predicted octanol–water partition coefficient (Wildman–Crippen LogP) is 5.10. The number of furan rings is 1. The number of hydrogen-bond donors (Lipinski definition) is 1. The minimum atomic E-state index is -0.527. The van der Waals surface area contributed by atoms with Gasteiger partial charge in [0.15, 0.2) is 0 Å². The van der Waals surface area contributed by atoms with Crippen molar-refractivity contribution < 1.29 is 9.52 Å². The summed E-state index contributed by atoms with van der Waals surface area (Å²) in [5.41, 5.74) is 2.32. The zero-order chi connectivity index (χ0) is 14.9. The fraction of sp³-hybridized carbons (Fsp3) is 0.556. The number of hydrogen-bond acceptors (Lipinski definition) is 2. The highest BCUT2D eigenvalue weighted by molar-refractivity contribution is 5.81. The van der Waals surface area contributed by atoms with Gasteiger partial charge in [-0.3, -0.25) is 0 Å². The summed E-state index contributed by atoms with van der Waals surface area (Å²) in [4.78, 5) is 0. The van der Waals surface area contributed by atoms with Crippen molar-refractivity contribution in [3.8, 4) is 0 Å². The maximum Gasteiger partial charge on any atom is 0.137 e. The summed E-state index contributed by atoms with van der Waals surface area (Å²) in [5, 5.41) is 11.5. The van der Waals surface area contributed by atoms with E-state index in [1.165, 1.54) is 5.56 Å².